The minimum absolute atomic E-state index is 0.0961. The van der Waals surface area contributed by atoms with Gasteiger partial charge in [-0.2, -0.15) is 25.3 Å². The fourth-order valence-corrected chi connectivity index (χ4v) is 2.40. The summed E-state index contributed by atoms with van der Waals surface area (Å²) < 4.78 is 0. The Morgan fingerprint density at radius 2 is 1.52 bits per heavy atom. The van der Waals surface area contributed by atoms with Crippen LogP contribution in [0.25, 0.3) is 0 Å². The minimum Gasteiger partial charge on any atom is -0.480 e. The summed E-state index contributed by atoms with van der Waals surface area (Å²) in [6.45, 7) is 1.85. The highest BCUT2D eigenvalue weighted by atomic mass is 32.1. The first kappa shape index (κ1) is 25.5. The molecule has 27 heavy (non-hydrogen) atoms. The van der Waals surface area contributed by atoms with Gasteiger partial charge in [0.25, 0.3) is 0 Å². The molecular weight excluding hydrogens is 394 g/mol. The SMILES string of the molecule is CC(NC(=O)C(CCCCN)NC(=O)C(N)CS)C(=O)NC(CS)C(=O)O. The van der Waals surface area contributed by atoms with E-state index in [4.69, 9.17) is 16.6 Å². The van der Waals surface area contributed by atoms with E-state index in [1.54, 1.807) is 0 Å². The smallest absolute Gasteiger partial charge is 0.327 e. The molecule has 0 rings (SSSR count). The Hall–Kier alpha value is -1.50. The van der Waals surface area contributed by atoms with Crippen molar-refractivity contribution in [2.45, 2.75) is 50.4 Å². The number of carboxylic acid groups (broad SMARTS) is 1. The lowest BCUT2D eigenvalue weighted by Gasteiger charge is -2.23. The van der Waals surface area contributed by atoms with Gasteiger partial charge >= 0.3 is 5.97 Å². The van der Waals surface area contributed by atoms with Crippen LogP contribution in [-0.4, -0.2) is 71.0 Å². The van der Waals surface area contributed by atoms with Gasteiger partial charge in [0, 0.05) is 11.5 Å². The second-order valence-corrected chi connectivity index (χ2v) is 6.68. The number of carboxylic acids is 1. The van der Waals surface area contributed by atoms with Crippen LogP contribution in [-0.2, 0) is 19.2 Å². The topological polar surface area (TPSA) is 177 Å². The molecule has 0 saturated carbocycles. The zero-order valence-electron chi connectivity index (χ0n) is 15.2. The lowest BCUT2D eigenvalue weighted by Crippen LogP contribution is -2.56. The number of hydrogen-bond donors (Lipinski definition) is 8. The van der Waals surface area contributed by atoms with Crippen molar-refractivity contribution >= 4 is 48.9 Å². The highest BCUT2D eigenvalue weighted by Gasteiger charge is 2.27. The summed E-state index contributed by atoms with van der Waals surface area (Å²) in [4.78, 5) is 47.4. The monoisotopic (exact) mass is 423 g/mol. The number of nitrogens with two attached hydrogens (primary N) is 2. The van der Waals surface area contributed by atoms with Gasteiger partial charge in [-0.1, -0.05) is 0 Å². The van der Waals surface area contributed by atoms with Gasteiger partial charge in [0.05, 0.1) is 6.04 Å². The van der Waals surface area contributed by atoms with Gasteiger partial charge in [0.2, 0.25) is 17.7 Å². The highest BCUT2D eigenvalue weighted by Crippen LogP contribution is 2.03. The molecule has 8 N–H and O–H groups in total. The van der Waals surface area contributed by atoms with E-state index in [9.17, 15) is 19.2 Å². The summed E-state index contributed by atoms with van der Waals surface area (Å²) in [7, 11) is 0. The second kappa shape index (κ2) is 13.6. The van der Waals surface area contributed by atoms with Crippen molar-refractivity contribution in [1.29, 1.82) is 0 Å². The van der Waals surface area contributed by atoms with Gasteiger partial charge in [-0.05, 0) is 32.7 Å². The molecule has 4 unspecified atom stereocenters. The number of hydrogen-bond acceptors (Lipinski definition) is 8. The molecule has 0 aliphatic rings. The Kier molecular flexibility index (Phi) is 12.9. The van der Waals surface area contributed by atoms with Crippen LogP contribution in [0.4, 0.5) is 0 Å². The van der Waals surface area contributed by atoms with Crippen molar-refractivity contribution < 1.29 is 24.3 Å². The molecule has 0 aromatic heterocycles. The van der Waals surface area contributed by atoms with E-state index < -0.39 is 47.9 Å². The molecular formula is C15H29N5O5S2. The summed E-state index contributed by atoms with van der Waals surface area (Å²) in [5.41, 5.74) is 11.0. The molecule has 3 amide bonds. The highest BCUT2D eigenvalue weighted by molar-refractivity contribution is 7.80. The van der Waals surface area contributed by atoms with Crippen LogP contribution < -0.4 is 27.4 Å². The third-order valence-corrected chi connectivity index (χ3v) is 4.42. The van der Waals surface area contributed by atoms with E-state index in [1.807, 2.05) is 0 Å². The maximum absolute atomic E-state index is 12.5. The predicted molar refractivity (Wildman–Crippen MR) is 108 cm³/mol. The van der Waals surface area contributed by atoms with Crippen molar-refractivity contribution in [3.8, 4) is 0 Å². The van der Waals surface area contributed by atoms with Crippen LogP contribution >= 0.6 is 25.3 Å². The molecule has 0 bridgehead atoms. The van der Waals surface area contributed by atoms with Gasteiger partial charge in [-0.25, -0.2) is 4.79 Å². The third kappa shape index (κ3) is 9.84. The standard InChI is InChI=1S/C15H29N5O5S2/c1-8(12(21)20-11(7-27)15(24)25)18-14(23)10(4-2-3-5-16)19-13(22)9(17)6-26/h8-11,26-27H,2-7,16-17H2,1H3,(H,18,23)(H,19,22)(H,20,21)(H,24,25). The zero-order valence-corrected chi connectivity index (χ0v) is 17.0. The van der Waals surface area contributed by atoms with Crippen LogP contribution in [0, 0.1) is 0 Å². The fourth-order valence-electron chi connectivity index (χ4n) is 1.99. The van der Waals surface area contributed by atoms with Crippen molar-refractivity contribution in [1.82, 2.24) is 16.0 Å². The Morgan fingerprint density at radius 3 is 2.00 bits per heavy atom. The van der Waals surface area contributed by atoms with Crippen LogP contribution in [0.15, 0.2) is 0 Å². The van der Waals surface area contributed by atoms with Crippen LogP contribution in [0.1, 0.15) is 26.2 Å². The quantitative estimate of drug-likeness (QED) is 0.123. The second-order valence-electron chi connectivity index (χ2n) is 5.95. The van der Waals surface area contributed by atoms with E-state index in [-0.39, 0.29) is 11.5 Å². The van der Waals surface area contributed by atoms with Crippen molar-refractivity contribution in [3.05, 3.63) is 0 Å². The van der Waals surface area contributed by atoms with Crippen molar-refractivity contribution in [3.63, 3.8) is 0 Å². The average molecular weight is 424 g/mol. The number of nitrogens with one attached hydrogen (secondary N) is 3. The van der Waals surface area contributed by atoms with E-state index in [0.29, 0.717) is 25.8 Å². The van der Waals surface area contributed by atoms with E-state index in [0.717, 1.165) is 0 Å². The Balaban J connectivity index is 4.90. The molecule has 0 aliphatic heterocycles. The van der Waals surface area contributed by atoms with Crippen molar-refractivity contribution in [2.75, 3.05) is 18.1 Å². The lowest BCUT2D eigenvalue weighted by molar-refractivity contribution is -0.141. The number of carbonyl (C=O) groups excluding carboxylic acids is 3. The normalized spacial score (nSPS) is 15.1. The fraction of sp³-hybridized carbons (Fsp3) is 0.733. The van der Waals surface area contributed by atoms with Gasteiger partial charge in [-0.3, -0.25) is 14.4 Å². The molecule has 0 radical (unpaired) electrons. The first-order valence-electron chi connectivity index (χ1n) is 8.49. The molecule has 0 saturated heterocycles. The summed E-state index contributed by atoms with van der Waals surface area (Å²) in [5.74, 6) is -3.00. The molecule has 12 heteroatoms. The number of thiol groups is 2. The average Bonchev–Trinajstić information content (AvgIpc) is 2.63. The molecule has 0 heterocycles. The molecule has 0 aromatic rings. The third-order valence-electron chi connectivity index (χ3n) is 3.66. The van der Waals surface area contributed by atoms with E-state index in [1.165, 1.54) is 6.92 Å². The van der Waals surface area contributed by atoms with Gasteiger partial charge in [-0.15, -0.1) is 0 Å². The maximum atomic E-state index is 12.5. The largest absolute Gasteiger partial charge is 0.480 e. The minimum atomic E-state index is -1.23. The number of rotatable bonds is 13. The van der Waals surface area contributed by atoms with E-state index >= 15 is 0 Å². The first-order chi connectivity index (χ1) is 12.7. The summed E-state index contributed by atoms with van der Waals surface area (Å²) >= 11 is 7.80. The van der Waals surface area contributed by atoms with Crippen LogP contribution in [0.5, 0.6) is 0 Å². The number of aliphatic carboxylic acids is 1. The summed E-state index contributed by atoms with van der Waals surface area (Å²) in [6, 6.07) is -3.95. The van der Waals surface area contributed by atoms with Gasteiger partial charge in [0.15, 0.2) is 0 Å². The first-order valence-corrected chi connectivity index (χ1v) is 9.75. The number of carbonyl (C=O) groups is 4. The molecule has 0 aromatic carbocycles. The molecule has 10 nitrogen and oxygen atoms in total. The molecule has 0 spiro atoms. The van der Waals surface area contributed by atoms with Gasteiger partial charge in [0.1, 0.15) is 18.1 Å². The van der Waals surface area contributed by atoms with Gasteiger partial charge < -0.3 is 32.5 Å². The lowest BCUT2D eigenvalue weighted by atomic mass is 10.1. The molecule has 0 fully saturated rings. The Labute approximate surface area is 169 Å². The summed E-state index contributed by atoms with van der Waals surface area (Å²) in [6.07, 6.45) is 1.57. The number of amides is 3. The Bertz CT molecular complexity index is 523. The predicted octanol–water partition coefficient (Wildman–Crippen LogP) is -2.14. The molecule has 156 valence electrons. The maximum Gasteiger partial charge on any atom is 0.327 e. The Morgan fingerprint density at radius 1 is 0.926 bits per heavy atom. The zero-order chi connectivity index (χ0) is 21.0. The van der Waals surface area contributed by atoms with Crippen molar-refractivity contribution in [2.24, 2.45) is 11.5 Å². The van der Waals surface area contributed by atoms with Crippen LogP contribution in [0.2, 0.25) is 0 Å². The molecule has 4 atom stereocenters. The van der Waals surface area contributed by atoms with E-state index in [2.05, 4.69) is 41.2 Å². The number of unbranched alkanes of at least 4 members (excludes halogenated alkanes) is 1. The van der Waals surface area contributed by atoms with Crippen LogP contribution in [0.3, 0.4) is 0 Å². The molecule has 0 aliphatic carbocycles. The summed E-state index contributed by atoms with van der Waals surface area (Å²) in [5, 5.41) is 16.2.